The van der Waals surface area contributed by atoms with Crippen molar-refractivity contribution in [2.75, 3.05) is 0 Å². The zero-order valence-corrected chi connectivity index (χ0v) is 18.9. The van der Waals surface area contributed by atoms with Gasteiger partial charge in [0.15, 0.2) is 0 Å². The molecule has 0 saturated heterocycles. The van der Waals surface area contributed by atoms with E-state index < -0.39 is 0 Å². The molecule has 0 aliphatic carbocycles. The first kappa shape index (κ1) is 21.4. The maximum Gasteiger partial charge on any atom is -0.00203 e. The van der Waals surface area contributed by atoms with Crippen LogP contribution in [0.4, 0.5) is 0 Å². The predicted octanol–water partition coefficient (Wildman–Crippen LogP) is 7.43. The summed E-state index contributed by atoms with van der Waals surface area (Å²) in [5.74, 6) is 0. The van der Waals surface area contributed by atoms with Crippen LogP contribution in [-0.2, 0) is 38.5 Å². The molecule has 0 radical (unpaired) electrons. The molecule has 0 heteroatoms. The van der Waals surface area contributed by atoms with Gasteiger partial charge in [0.1, 0.15) is 0 Å². The van der Waals surface area contributed by atoms with E-state index in [-0.39, 0.29) is 0 Å². The largest absolute Gasteiger partial charge is 0.0613 e. The summed E-state index contributed by atoms with van der Waals surface area (Å²) >= 11 is 0. The highest BCUT2D eigenvalue weighted by atomic mass is 14.2. The molecule has 0 aromatic heterocycles. The summed E-state index contributed by atoms with van der Waals surface area (Å²) in [6.45, 7) is 11.4. The second-order valence-corrected chi connectivity index (χ2v) is 8.18. The van der Waals surface area contributed by atoms with E-state index in [4.69, 9.17) is 0 Å². The van der Waals surface area contributed by atoms with Crippen molar-refractivity contribution in [1.82, 2.24) is 0 Å². The molecule has 0 unspecified atom stereocenters. The highest BCUT2D eigenvalue weighted by Gasteiger charge is 2.14. The highest BCUT2D eigenvalue weighted by molar-refractivity contribution is 5.49. The third kappa shape index (κ3) is 4.99. The van der Waals surface area contributed by atoms with Gasteiger partial charge in [-0.05, 0) is 95.5 Å². The Bertz CT molecular complexity index is 927. The van der Waals surface area contributed by atoms with Crippen molar-refractivity contribution in [2.45, 2.75) is 73.1 Å². The molecule has 0 nitrogen and oxygen atoms in total. The fourth-order valence-corrected chi connectivity index (χ4v) is 4.47. The molecule has 0 atom stereocenters. The maximum atomic E-state index is 2.50. The summed E-state index contributed by atoms with van der Waals surface area (Å²) in [7, 11) is 0. The lowest BCUT2D eigenvalue weighted by molar-refractivity contribution is 0.968. The average molecular weight is 385 g/mol. The van der Waals surface area contributed by atoms with E-state index in [2.05, 4.69) is 89.2 Å². The Hall–Kier alpha value is -2.34. The normalized spacial score (nSPS) is 11.1. The fraction of sp³-hybridized carbons (Fsp3) is 0.379. The van der Waals surface area contributed by atoms with Crippen molar-refractivity contribution < 1.29 is 0 Å². The lowest BCUT2D eigenvalue weighted by Crippen LogP contribution is -2.07. The molecule has 0 saturated carbocycles. The first-order valence-corrected chi connectivity index (χ1v) is 11.4. The zero-order chi connectivity index (χ0) is 20.8. The number of benzene rings is 3. The molecule has 0 fully saturated rings. The van der Waals surface area contributed by atoms with Crippen molar-refractivity contribution in [3.63, 3.8) is 0 Å². The van der Waals surface area contributed by atoms with Crippen LogP contribution in [0, 0.1) is 6.92 Å². The van der Waals surface area contributed by atoms with Crippen LogP contribution in [0.1, 0.15) is 77.8 Å². The Morgan fingerprint density at radius 1 is 0.483 bits per heavy atom. The second kappa shape index (κ2) is 9.92. The van der Waals surface area contributed by atoms with Crippen LogP contribution < -0.4 is 0 Å². The van der Waals surface area contributed by atoms with Crippen LogP contribution in [0.5, 0.6) is 0 Å². The summed E-state index contributed by atoms with van der Waals surface area (Å²) in [5, 5.41) is 0. The van der Waals surface area contributed by atoms with Crippen molar-refractivity contribution in [3.8, 4) is 0 Å². The van der Waals surface area contributed by atoms with Crippen LogP contribution in [-0.4, -0.2) is 0 Å². The Morgan fingerprint density at radius 3 is 1.41 bits per heavy atom. The lowest BCUT2D eigenvalue weighted by atomic mass is 9.85. The van der Waals surface area contributed by atoms with Gasteiger partial charge in [-0.15, -0.1) is 0 Å². The van der Waals surface area contributed by atoms with Crippen LogP contribution in [0.15, 0.2) is 54.6 Å². The maximum absolute atomic E-state index is 2.50. The first-order chi connectivity index (χ1) is 14.1. The second-order valence-electron chi connectivity index (χ2n) is 8.18. The molecule has 0 spiro atoms. The molecule has 0 aliphatic rings. The van der Waals surface area contributed by atoms with Crippen LogP contribution in [0.2, 0.25) is 0 Å². The Balaban J connectivity index is 1.95. The van der Waals surface area contributed by atoms with E-state index in [1.54, 1.807) is 11.1 Å². The topological polar surface area (TPSA) is 0 Å². The van der Waals surface area contributed by atoms with E-state index in [1.807, 2.05) is 0 Å². The molecular weight excluding hydrogens is 348 g/mol. The minimum atomic E-state index is 1.03. The summed E-state index contributed by atoms with van der Waals surface area (Å²) in [6, 6.07) is 20.9. The van der Waals surface area contributed by atoms with E-state index in [9.17, 15) is 0 Å². The van der Waals surface area contributed by atoms with Crippen molar-refractivity contribution in [3.05, 3.63) is 105 Å². The van der Waals surface area contributed by atoms with Crippen LogP contribution >= 0.6 is 0 Å². The van der Waals surface area contributed by atoms with E-state index in [0.29, 0.717) is 0 Å². The van der Waals surface area contributed by atoms with Gasteiger partial charge in [-0.1, -0.05) is 82.3 Å². The number of rotatable bonds is 8. The molecule has 152 valence electrons. The molecule has 29 heavy (non-hydrogen) atoms. The fourth-order valence-electron chi connectivity index (χ4n) is 4.47. The van der Waals surface area contributed by atoms with E-state index in [0.717, 1.165) is 38.5 Å². The van der Waals surface area contributed by atoms with E-state index >= 15 is 0 Å². The summed E-state index contributed by atoms with van der Waals surface area (Å²) in [4.78, 5) is 0. The van der Waals surface area contributed by atoms with Gasteiger partial charge in [0.25, 0.3) is 0 Å². The molecule has 0 heterocycles. The van der Waals surface area contributed by atoms with Gasteiger partial charge in [0, 0.05) is 0 Å². The molecule has 0 N–H and O–H groups in total. The molecule has 3 rings (SSSR count). The van der Waals surface area contributed by atoms with Crippen LogP contribution in [0.25, 0.3) is 0 Å². The molecular formula is C29H36. The molecule has 3 aromatic carbocycles. The highest BCUT2D eigenvalue weighted by Crippen LogP contribution is 2.28. The smallest absolute Gasteiger partial charge is 0.00203 e. The van der Waals surface area contributed by atoms with Gasteiger partial charge in [0.05, 0.1) is 0 Å². The van der Waals surface area contributed by atoms with Crippen molar-refractivity contribution in [1.29, 1.82) is 0 Å². The van der Waals surface area contributed by atoms with Gasteiger partial charge >= 0.3 is 0 Å². The van der Waals surface area contributed by atoms with Gasteiger partial charge in [-0.2, -0.15) is 0 Å². The monoisotopic (exact) mass is 384 g/mol. The minimum Gasteiger partial charge on any atom is -0.0613 e. The quantitative estimate of drug-likeness (QED) is 0.379. The third-order valence-electron chi connectivity index (χ3n) is 6.40. The van der Waals surface area contributed by atoms with Gasteiger partial charge in [-0.3, -0.25) is 0 Å². The third-order valence-corrected chi connectivity index (χ3v) is 6.40. The Morgan fingerprint density at radius 2 is 0.966 bits per heavy atom. The Labute approximate surface area is 178 Å². The number of hydrogen-bond acceptors (Lipinski definition) is 0. The van der Waals surface area contributed by atoms with Crippen molar-refractivity contribution in [2.24, 2.45) is 0 Å². The standard InChI is InChI=1S/C29H36/c1-6-22-10-14-24(15-11-22)18-27-20-26(8-3)29(21(5)28(27)9-4)19-25-16-12-23(7-2)13-17-25/h10-17,20H,6-9,18-19H2,1-5H3. The van der Waals surface area contributed by atoms with E-state index in [1.165, 1.54) is 38.9 Å². The zero-order valence-electron chi connectivity index (χ0n) is 18.9. The molecule has 3 aromatic rings. The van der Waals surface area contributed by atoms with Crippen LogP contribution in [0.3, 0.4) is 0 Å². The number of aryl methyl sites for hydroxylation is 3. The van der Waals surface area contributed by atoms with Gasteiger partial charge in [-0.25, -0.2) is 0 Å². The summed E-state index contributed by atoms with van der Waals surface area (Å²) < 4.78 is 0. The number of hydrogen-bond donors (Lipinski definition) is 0. The van der Waals surface area contributed by atoms with Crippen molar-refractivity contribution >= 4 is 0 Å². The molecule has 0 amide bonds. The SMILES string of the molecule is CCc1ccc(Cc2cc(CC)c(Cc3ccc(CC)cc3)c(C)c2CC)cc1. The van der Waals surface area contributed by atoms with Gasteiger partial charge < -0.3 is 0 Å². The minimum absolute atomic E-state index is 1.03. The summed E-state index contributed by atoms with van der Waals surface area (Å²) in [5.41, 5.74) is 13.3. The lowest BCUT2D eigenvalue weighted by Gasteiger charge is -2.20. The van der Waals surface area contributed by atoms with Gasteiger partial charge in [0.2, 0.25) is 0 Å². The first-order valence-electron chi connectivity index (χ1n) is 11.4. The average Bonchev–Trinajstić information content (AvgIpc) is 2.76. The predicted molar refractivity (Wildman–Crippen MR) is 127 cm³/mol. The summed E-state index contributed by atoms with van der Waals surface area (Å²) in [6.07, 6.45) is 6.47. The molecule has 0 aliphatic heterocycles. The molecule has 0 bridgehead atoms. The Kier molecular flexibility index (Phi) is 7.31.